The normalized spacial score (nSPS) is 15.4. The Kier molecular flexibility index (Phi) is 2.69. The maximum Gasteiger partial charge on any atom is 0.0726 e. The lowest BCUT2D eigenvalue weighted by molar-refractivity contribution is 0.709. The van der Waals surface area contributed by atoms with E-state index in [4.69, 9.17) is 10.8 Å². The fourth-order valence-corrected chi connectivity index (χ4v) is 2.71. The Hall–Kier alpha value is -1.61. The summed E-state index contributed by atoms with van der Waals surface area (Å²) >= 11 is 0. The molecule has 3 N–H and O–H groups in total. The number of hydrogen-bond acceptors (Lipinski definition) is 3. The third-order valence-corrected chi connectivity index (χ3v) is 3.56. The summed E-state index contributed by atoms with van der Waals surface area (Å²) in [6, 6.07) is 8.21. The lowest BCUT2D eigenvalue weighted by Crippen LogP contribution is -2.12. The van der Waals surface area contributed by atoms with Gasteiger partial charge in [0, 0.05) is 11.1 Å². The second-order valence-corrected chi connectivity index (χ2v) is 4.63. The first-order valence-electron chi connectivity index (χ1n) is 6.27. The molecule has 1 aliphatic carbocycles. The highest BCUT2D eigenvalue weighted by Gasteiger charge is 2.16. The summed E-state index contributed by atoms with van der Waals surface area (Å²) in [5.74, 6) is 5.71. The first-order chi connectivity index (χ1) is 8.40. The summed E-state index contributed by atoms with van der Waals surface area (Å²) in [6.45, 7) is 0. The lowest BCUT2D eigenvalue weighted by atomic mass is 10.0. The Labute approximate surface area is 101 Å². The number of benzene rings is 1. The van der Waals surface area contributed by atoms with Gasteiger partial charge in [0.2, 0.25) is 0 Å². The molecule has 0 radical (unpaired) electrons. The fourth-order valence-electron chi connectivity index (χ4n) is 2.71. The van der Waals surface area contributed by atoms with Gasteiger partial charge in [-0.25, -0.2) is 0 Å². The molecular weight excluding hydrogens is 210 g/mol. The van der Waals surface area contributed by atoms with Crippen LogP contribution in [0.5, 0.6) is 0 Å². The number of hydrazine groups is 1. The number of pyridine rings is 1. The number of nitrogen functional groups attached to an aromatic ring is 1. The molecule has 17 heavy (non-hydrogen) atoms. The minimum Gasteiger partial charge on any atom is -0.323 e. The molecule has 3 rings (SSSR count). The first kappa shape index (κ1) is 10.5. The van der Waals surface area contributed by atoms with E-state index < -0.39 is 0 Å². The predicted molar refractivity (Wildman–Crippen MR) is 70.8 cm³/mol. The summed E-state index contributed by atoms with van der Waals surface area (Å²) in [5, 5.41) is 1.13. The highest BCUT2D eigenvalue weighted by atomic mass is 15.2. The van der Waals surface area contributed by atoms with Gasteiger partial charge >= 0.3 is 0 Å². The molecule has 1 aliphatic rings. The van der Waals surface area contributed by atoms with Crippen molar-refractivity contribution in [3.63, 3.8) is 0 Å². The van der Waals surface area contributed by atoms with Gasteiger partial charge in [-0.15, -0.1) is 0 Å². The van der Waals surface area contributed by atoms with Crippen LogP contribution in [-0.2, 0) is 12.8 Å². The zero-order chi connectivity index (χ0) is 11.7. The number of aryl methyl sites for hydroxylation is 1. The van der Waals surface area contributed by atoms with Crippen LogP contribution < -0.4 is 11.3 Å². The molecule has 0 fully saturated rings. The molecule has 88 valence electrons. The number of rotatable bonds is 1. The topological polar surface area (TPSA) is 50.9 Å². The summed E-state index contributed by atoms with van der Waals surface area (Å²) in [4.78, 5) is 4.79. The van der Waals surface area contributed by atoms with Crippen molar-refractivity contribution in [3.8, 4) is 0 Å². The third-order valence-electron chi connectivity index (χ3n) is 3.56. The van der Waals surface area contributed by atoms with Gasteiger partial charge in [-0.1, -0.05) is 24.6 Å². The second kappa shape index (κ2) is 4.34. The van der Waals surface area contributed by atoms with Crippen LogP contribution >= 0.6 is 0 Å². The lowest BCUT2D eigenvalue weighted by Gasteiger charge is -2.14. The molecule has 0 unspecified atom stereocenters. The number of anilines is 1. The Balaban J connectivity index is 2.30. The van der Waals surface area contributed by atoms with E-state index >= 15 is 0 Å². The number of aromatic nitrogens is 1. The van der Waals surface area contributed by atoms with Crippen molar-refractivity contribution >= 4 is 16.6 Å². The van der Waals surface area contributed by atoms with E-state index in [0.29, 0.717) is 0 Å². The van der Waals surface area contributed by atoms with Gasteiger partial charge in [0.15, 0.2) is 0 Å². The van der Waals surface area contributed by atoms with Crippen molar-refractivity contribution < 1.29 is 0 Å². The van der Waals surface area contributed by atoms with Crippen molar-refractivity contribution in [2.45, 2.75) is 32.1 Å². The number of nitrogens with one attached hydrogen (secondary N) is 1. The molecule has 3 heteroatoms. The summed E-state index contributed by atoms with van der Waals surface area (Å²) < 4.78 is 0. The van der Waals surface area contributed by atoms with Gasteiger partial charge in [0.25, 0.3) is 0 Å². The highest BCUT2D eigenvalue weighted by Crippen LogP contribution is 2.31. The quantitative estimate of drug-likeness (QED) is 0.447. The van der Waals surface area contributed by atoms with E-state index in [1.165, 1.54) is 30.5 Å². The van der Waals surface area contributed by atoms with Gasteiger partial charge in [-0.2, -0.15) is 0 Å². The molecule has 0 amide bonds. The van der Waals surface area contributed by atoms with E-state index in [-0.39, 0.29) is 0 Å². The third kappa shape index (κ3) is 1.76. The smallest absolute Gasteiger partial charge is 0.0726 e. The number of para-hydroxylation sites is 1. The number of hydrogen-bond donors (Lipinski definition) is 2. The van der Waals surface area contributed by atoms with Crippen LogP contribution in [0.4, 0.5) is 5.69 Å². The molecule has 1 aromatic heterocycles. The van der Waals surface area contributed by atoms with Crippen molar-refractivity contribution in [2.24, 2.45) is 5.84 Å². The molecule has 1 aromatic carbocycles. The van der Waals surface area contributed by atoms with Gasteiger partial charge in [0.05, 0.1) is 11.2 Å². The number of fused-ring (bicyclic) bond motifs is 2. The SMILES string of the molecule is NNc1c2c(nc3ccccc13)CCCCC2. The number of nitrogens with zero attached hydrogens (tertiary/aromatic N) is 1. The van der Waals surface area contributed by atoms with Gasteiger partial charge in [-0.3, -0.25) is 10.8 Å². The average Bonchev–Trinajstić information content (AvgIpc) is 2.60. The molecule has 0 saturated heterocycles. The predicted octanol–water partition coefficient (Wildman–Crippen LogP) is 2.79. The van der Waals surface area contributed by atoms with E-state index in [1.54, 1.807) is 0 Å². The average molecular weight is 227 g/mol. The summed E-state index contributed by atoms with van der Waals surface area (Å²) in [6.07, 6.45) is 5.93. The van der Waals surface area contributed by atoms with Crippen LogP contribution in [-0.4, -0.2) is 4.98 Å². The van der Waals surface area contributed by atoms with E-state index in [0.717, 1.165) is 29.4 Å². The summed E-state index contributed by atoms with van der Waals surface area (Å²) in [5.41, 5.74) is 7.56. The summed E-state index contributed by atoms with van der Waals surface area (Å²) in [7, 11) is 0. The van der Waals surface area contributed by atoms with Gasteiger partial charge in [0.1, 0.15) is 0 Å². The molecule has 0 atom stereocenters. The van der Waals surface area contributed by atoms with Gasteiger partial charge in [-0.05, 0) is 37.3 Å². The van der Waals surface area contributed by atoms with Crippen LogP contribution in [0.2, 0.25) is 0 Å². The van der Waals surface area contributed by atoms with Crippen LogP contribution in [0.1, 0.15) is 30.5 Å². The fraction of sp³-hybridized carbons (Fsp3) is 0.357. The van der Waals surface area contributed by atoms with Crippen molar-refractivity contribution in [2.75, 3.05) is 5.43 Å². The maximum absolute atomic E-state index is 5.71. The van der Waals surface area contributed by atoms with E-state index in [2.05, 4.69) is 17.6 Å². The highest BCUT2D eigenvalue weighted by molar-refractivity contribution is 5.93. The van der Waals surface area contributed by atoms with Crippen molar-refractivity contribution in [3.05, 3.63) is 35.5 Å². The molecule has 1 heterocycles. The maximum atomic E-state index is 5.71. The number of nitrogens with two attached hydrogens (primary N) is 1. The Morgan fingerprint density at radius 2 is 1.88 bits per heavy atom. The van der Waals surface area contributed by atoms with Crippen molar-refractivity contribution in [1.82, 2.24) is 4.98 Å². The van der Waals surface area contributed by atoms with Crippen LogP contribution in [0.25, 0.3) is 10.9 Å². The minimum atomic E-state index is 1.04. The molecule has 0 aliphatic heterocycles. The second-order valence-electron chi connectivity index (χ2n) is 4.63. The standard InChI is InChI=1S/C14H17N3/c15-17-14-10-6-2-1-3-8-12(10)16-13-9-5-4-7-11(13)14/h4-5,7,9H,1-3,6,8,15H2,(H,16,17). The van der Waals surface area contributed by atoms with Crippen molar-refractivity contribution in [1.29, 1.82) is 0 Å². The van der Waals surface area contributed by atoms with Crippen LogP contribution in [0.15, 0.2) is 24.3 Å². The minimum absolute atomic E-state index is 1.04. The molecule has 0 saturated carbocycles. The monoisotopic (exact) mass is 227 g/mol. The largest absolute Gasteiger partial charge is 0.323 e. The van der Waals surface area contributed by atoms with Gasteiger partial charge < -0.3 is 5.43 Å². The van der Waals surface area contributed by atoms with E-state index in [9.17, 15) is 0 Å². The zero-order valence-corrected chi connectivity index (χ0v) is 9.87. The Bertz CT molecular complexity index is 548. The Morgan fingerprint density at radius 3 is 2.76 bits per heavy atom. The molecule has 0 bridgehead atoms. The van der Waals surface area contributed by atoms with E-state index in [1.807, 2.05) is 12.1 Å². The van der Waals surface area contributed by atoms with Crippen LogP contribution in [0.3, 0.4) is 0 Å². The molecule has 2 aromatic rings. The molecule has 0 spiro atoms. The first-order valence-corrected chi connectivity index (χ1v) is 6.27. The molecular formula is C14H17N3. The zero-order valence-electron chi connectivity index (χ0n) is 9.87. The Morgan fingerprint density at radius 1 is 1.06 bits per heavy atom. The van der Waals surface area contributed by atoms with Crippen LogP contribution in [0, 0.1) is 0 Å². The molecule has 3 nitrogen and oxygen atoms in total.